The van der Waals surface area contributed by atoms with Crippen LogP contribution in [0.15, 0.2) is 36.4 Å². The van der Waals surface area contributed by atoms with Gasteiger partial charge in [-0.1, -0.05) is 63.5 Å². The Kier molecular flexibility index (Phi) is 5.30. The molecule has 0 aliphatic rings. The molecule has 2 N–H and O–H groups in total. The molecule has 0 aliphatic heterocycles. The molecule has 0 aliphatic carbocycles. The zero-order valence-corrected chi connectivity index (χ0v) is 18.2. The van der Waals surface area contributed by atoms with Gasteiger partial charge in [-0.2, -0.15) is 0 Å². The first kappa shape index (κ1) is 20.1. The van der Waals surface area contributed by atoms with Crippen LogP contribution in [-0.4, -0.2) is 38.3 Å². The van der Waals surface area contributed by atoms with Crippen molar-refractivity contribution in [3.8, 4) is 11.1 Å². The molecular formula is C20H26O4Si2. The average Bonchev–Trinajstić information content (AvgIpc) is 2.51. The molecule has 0 aromatic heterocycles. The summed E-state index contributed by atoms with van der Waals surface area (Å²) in [5.74, 6) is -1.81. The monoisotopic (exact) mass is 386 g/mol. The van der Waals surface area contributed by atoms with Crippen molar-refractivity contribution in [2.24, 2.45) is 0 Å². The molecule has 2 rings (SSSR count). The lowest BCUT2D eigenvalue weighted by molar-refractivity contribution is 0.0687. The molecule has 138 valence electrons. The topological polar surface area (TPSA) is 74.6 Å². The Morgan fingerprint density at radius 1 is 0.654 bits per heavy atom. The van der Waals surface area contributed by atoms with E-state index in [2.05, 4.69) is 39.3 Å². The average molecular weight is 387 g/mol. The molecule has 6 heteroatoms. The van der Waals surface area contributed by atoms with Gasteiger partial charge in [-0.05, 0) is 33.6 Å². The molecule has 0 unspecified atom stereocenters. The van der Waals surface area contributed by atoms with Crippen LogP contribution in [0.1, 0.15) is 20.7 Å². The molecule has 4 nitrogen and oxygen atoms in total. The minimum absolute atomic E-state index is 0.362. The number of hydrogen-bond acceptors (Lipinski definition) is 2. The van der Waals surface area contributed by atoms with Gasteiger partial charge in [0.15, 0.2) is 0 Å². The molecule has 0 bridgehead atoms. The van der Waals surface area contributed by atoms with E-state index < -0.39 is 28.1 Å². The number of carboxylic acids is 2. The summed E-state index contributed by atoms with van der Waals surface area (Å²) in [5, 5.41) is 20.8. The normalized spacial score (nSPS) is 12.1. The maximum Gasteiger partial charge on any atom is 0.335 e. The van der Waals surface area contributed by atoms with Crippen LogP contribution >= 0.6 is 0 Å². The Labute approximate surface area is 156 Å². The lowest BCUT2D eigenvalue weighted by Gasteiger charge is -2.22. The van der Waals surface area contributed by atoms with Crippen LogP contribution < -0.4 is 10.4 Å². The Morgan fingerprint density at radius 2 is 0.962 bits per heavy atom. The van der Waals surface area contributed by atoms with Gasteiger partial charge in [0.2, 0.25) is 0 Å². The van der Waals surface area contributed by atoms with Gasteiger partial charge < -0.3 is 10.2 Å². The van der Waals surface area contributed by atoms with Gasteiger partial charge >= 0.3 is 11.9 Å². The minimum atomic E-state index is -1.85. The van der Waals surface area contributed by atoms with Gasteiger partial charge in [0, 0.05) is 0 Å². The van der Waals surface area contributed by atoms with Crippen molar-refractivity contribution in [3.63, 3.8) is 0 Å². The standard InChI is InChI=1S/C20H26O4Si2/c1-25(2,3)17-11-13(7-9-15(17)19(21)22)14-8-10-16(20(23)24)18(12-14)26(4,5)6/h7-12H,1-6H3,(H,21,22)(H,23,24). The summed E-state index contributed by atoms with van der Waals surface area (Å²) in [6.07, 6.45) is 0. The highest BCUT2D eigenvalue weighted by atomic mass is 28.3. The zero-order chi connectivity index (χ0) is 19.9. The Morgan fingerprint density at radius 3 is 1.19 bits per heavy atom. The third-order valence-corrected chi connectivity index (χ3v) is 8.51. The SMILES string of the molecule is C[Si](C)(C)c1cc(-c2ccc(C(=O)O)c([Si](C)(C)C)c2)ccc1C(=O)O. The fourth-order valence-electron chi connectivity index (χ4n) is 3.06. The largest absolute Gasteiger partial charge is 0.478 e. The zero-order valence-electron chi connectivity index (χ0n) is 16.2. The molecule has 0 heterocycles. The number of carboxylic acid groups (broad SMARTS) is 2. The second kappa shape index (κ2) is 6.85. The molecule has 2 aromatic rings. The van der Waals surface area contributed by atoms with E-state index in [1.54, 1.807) is 12.1 Å². The first-order valence-corrected chi connectivity index (χ1v) is 15.6. The molecule has 0 saturated heterocycles. The van der Waals surface area contributed by atoms with E-state index >= 15 is 0 Å². The maximum atomic E-state index is 11.6. The van der Waals surface area contributed by atoms with Crippen LogP contribution in [-0.2, 0) is 0 Å². The van der Waals surface area contributed by atoms with E-state index in [9.17, 15) is 19.8 Å². The van der Waals surface area contributed by atoms with Crippen molar-refractivity contribution in [2.45, 2.75) is 39.3 Å². The van der Waals surface area contributed by atoms with Crippen molar-refractivity contribution >= 4 is 38.5 Å². The molecular weight excluding hydrogens is 360 g/mol. The molecule has 2 aromatic carbocycles. The first-order chi connectivity index (χ1) is 11.8. The van der Waals surface area contributed by atoms with Crippen LogP contribution in [0.4, 0.5) is 0 Å². The highest BCUT2D eigenvalue weighted by Gasteiger charge is 2.26. The van der Waals surface area contributed by atoms with Crippen LogP contribution in [0, 0.1) is 0 Å². The smallest absolute Gasteiger partial charge is 0.335 e. The number of aromatic carboxylic acids is 2. The third-order valence-electron chi connectivity index (χ3n) is 4.45. The molecule has 26 heavy (non-hydrogen) atoms. The second-order valence-corrected chi connectivity index (χ2v) is 18.7. The van der Waals surface area contributed by atoms with Crippen molar-refractivity contribution in [1.82, 2.24) is 0 Å². The predicted octanol–water partition coefficient (Wildman–Crippen LogP) is 3.84. The first-order valence-electron chi connectivity index (χ1n) is 8.58. The third kappa shape index (κ3) is 4.13. The van der Waals surface area contributed by atoms with E-state index in [1.165, 1.54) is 0 Å². The number of rotatable bonds is 5. The van der Waals surface area contributed by atoms with Gasteiger partial charge in [-0.3, -0.25) is 0 Å². The second-order valence-electron chi connectivity index (χ2n) is 8.63. The Hall–Kier alpha value is -2.19. The minimum Gasteiger partial charge on any atom is -0.478 e. The molecule has 0 fully saturated rings. The summed E-state index contributed by atoms with van der Waals surface area (Å²) >= 11 is 0. The highest BCUT2D eigenvalue weighted by molar-refractivity contribution is 6.90. The van der Waals surface area contributed by atoms with E-state index in [0.717, 1.165) is 21.5 Å². The van der Waals surface area contributed by atoms with E-state index in [-0.39, 0.29) is 0 Å². The summed E-state index contributed by atoms with van der Waals surface area (Å²) in [5.41, 5.74) is 2.59. The van der Waals surface area contributed by atoms with Crippen molar-refractivity contribution in [1.29, 1.82) is 0 Å². The molecule has 0 amide bonds. The maximum absolute atomic E-state index is 11.6. The Balaban J connectivity index is 2.69. The summed E-state index contributed by atoms with van der Waals surface area (Å²) in [6.45, 7) is 12.7. The lowest BCUT2D eigenvalue weighted by Crippen LogP contribution is -2.42. The van der Waals surface area contributed by atoms with Crippen LogP contribution in [0.5, 0.6) is 0 Å². The van der Waals surface area contributed by atoms with Gasteiger partial charge in [0.05, 0.1) is 27.3 Å². The fraction of sp³-hybridized carbons (Fsp3) is 0.300. The predicted molar refractivity (Wildman–Crippen MR) is 112 cm³/mol. The van der Waals surface area contributed by atoms with Crippen LogP contribution in [0.2, 0.25) is 39.3 Å². The van der Waals surface area contributed by atoms with Crippen LogP contribution in [0.3, 0.4) is 0 Å². The quantitative estimate of drug-likeness (QED) is 0.766. The van der Waals surface area contributed by atoms with E-state index in [4.69, 9.17) is 0 Å². The summed E-state index contributed by atoms with van der Waals surface area (Å²) in [7, 11) is -3.70. The lowest BCUT2D eigenvalue weighted by atomic mass is 10.0. The number of hydrogen-bond donors (Lipinski definition) is 2. The summed E-state index contributed by atoms with van der Waals surface area (Å²) in [4.78, 5) is 23.2. The highest BCUT2D eigenvalue weighted by Crippen LogP contribution is 2.22. The van der Waals surface area contributed by atoms with Crippen molar-refractivity contribution in [2.75, 3.05) is 0 Å². The van der Waals surface area contributed by atoms with E-state index in [1.807, 2.05) is 24.3 Å². The van der Waals surface area contributed by atoms with Crippen LogP contribution in [0.25, 0.3) is 11.1 Å². The Bertz CT molecular complexity index is 801. The van der Waals surface area contributed by atoms with Crippen molar-refractivity contribution < 1.29 is 19.8 Å². The van der Waals surface area contributed by atoms with Gasteiger partial charge in [0.1, 0.15) is 0 Å². The molecule has 0 spiro atoms. The number of benzene rings is 2. The fourth-order valence-corrected chi connectivity index (χ4v) is 6.24. The summed E-state index contributed by atoms with van der Waals surface area (Å²) < 4.78 is 0. The number of carbonyl (C=O) groups is 2. The summed E-state index contributed by atoms with van der Waals surface area (Å²) in [6, 6.07) is 10.9. The van der Waals surface area contributed by atoms with Gasteiger partial charge in [0.25, 0.3) is 0 Å². The molecule has 0 saturated carbocycles. The molecule has 0 atom stereocenters. The van der Waals surface area contributed by atoms with Crippen molar-refractivity contribution in [3.05, 3.63) is 47.5 Å². The molecule has 0 radical (unpaired) electrons. The van der Waals surface area contributed by atoms with Gasteiger partial charge in [-0.25, -0.2) is 9.59 Å². The van der Waals surface area contributed by atoms with E-state index in [0.29, 0.717) is 11.1 Å². The van der Waals surface area contributed by atoms with Gasteiger partial charge in [-0.15, -0.1) is 0 Å².